The lowest BCUT2D eigenvalue weighted by atomic mass is 9.87. The molecule has 0 bridgehead atoms. The summed E-state index contributed by atoms with van der Waals surface area (Å²) in [6.45, 7) is 0. The highest BCUT2D eigenvalue weighted by Crippen LogP contribution is 2.42. The molecular weight excluding hydrogens is 416 g/mol. The second kappa shape index (κ2) is 6.43. The van der Waals surface area contributed by atoms with E-state index in [4.69, 9.17) is 11.0 Å². The largest absolute Gasteiger partial charge is 0.0630 e. The third kappa shape index (κ3) is 2.58. The van der Waals surface area contributed by atoms with E-state index in [0.29, 0.717) is 33.0 Å². The molecule has 0 aliphatic heterocycles. The second-order valence-corrected chi connectivity index (χ2v) is 7.79. The van der Waals surface area contributed by atoms with Gasteiger partial charge in [-0.2, -0.15) is 0 Å². The Labute approximate surface area is 189 Å². The molecular formula is C28H17Br. The molecule has 0 heterocycles. The van der Waals surface area contributed by atoms with Gasteiger partial charge in [-0.3, -0.25) is 0 Å². The number of hydrogen-bond donors (Lipinski definition) is 0. The van der Waals surface area contributed by atoms with Crippen LogP contribution in [0.25, 0.3) is 54.6 Å². The average Bonchev–Trinajstić information content (AvgIpc) is 2.88. The lowest BCUT2D eigenvalue weighted by molar-refractivity contribution is 1.62. The molecule has 1 heteroatoms. The van der Waals surface area contributed by atoms with E-state index >= 15 is 0 Å². The summed E-state index contributed by atoms with van der Waals surface area (Å²) in [5, 5.41) is 1.21. The first kappa shape index (κ1) is 10.6. The van der Waals surface area contributed by atoms with E-state index in [-0.39, 0.29) is 69.9 Å². The standard InChI is InChI=1S/C28H17Br/c29-22-8-4-7-21(17-22)24-14-10-20-11-15-25-23(18-5-2-1-3-6-18)13-9-19-12-16-26(24)28(20)27(19)25/h1-17H/i9D,10D,11D,12D,13D,14D,15D,16D. The fourth-order valence-corrected chi connectivity index (χ4v) is 4.27. The van der Waals surface area contributed by atoms with Crippen molar-refractivity contribution in [3.8, 4) is 22.3 Å². The topological polar surface area (TPSA) is 0 Å². The molecule has 0 saturated heterocycles. The van der Waals surface area contributed by atoms with E-state index in [1.807, 2.05) is 12.1 Å². The normalized spacial score (nSPS) is 15.5. The fraction of sp³-hybridized carbons (Fsp3) is 0. The van der Waals surface area contributed by atoms with Crippen LogP contribution in [0.2, 0.25) is 0 Å². The van der Waals surface area contributed by atoms with E-state index in [2.05, 4.69) is 15.9 Å². The van der Waals surface area contributed by atoms with Gasteiger partial charge in [-0.15, -0.1) is 0 Å². The van der Waals surface area contributed by atoms with Crippen molar-refractivity contribution >= 4 is 48.2 Å². The Hall–Kier alpha value is -3.16. The SMILES string of the molecule is [2H]c1c([2H])c2c([2H])c([2H])c3c(-c4cccc(Br)c4)c([2H])c([2H])c4c([2H])c([2H])c(c1-c1ccccc1)c2c43. The third-order valence-corrected chi connectivity index (χ3v) is 5.67. The molecule has 0 aliphatic carbocycles. The molecule has 0 fully saturated rings. The van der Waals surface area contributed by atoms with Crippen molar-refractivity contribution in [3.05, 3.63) is 107 Å². The molecule has 6 aromatic carbocycles. The van der Waals surface area contributed by atoms with Crippen LogP contribution < -0.4 is 0 Å². The number of halogens is 1. The molecule has 0 atom stereocenters. The minimum Gasteiger partial charge on any atom is -0.0622 e. The monoisotopic (exact) mass is 440 g/mol. The van der Waals surface area contributed by atoms with Gasteiger partial charge >= 0.3 is 0 Å². The zero-order valence-corrected chi connectivity index (χ0v) is 16.7. The summed E-state index contributed by atoms with van der Waals surface area (Å²) in [7, 11) is 0. The maximum Gasteiger partial charge on any atom is 0.0630 e. The number of hydrogen-bond acceptors (Lipinski definition) is 0. The van der Waals surface area contributed by atoms with Gasteiger partial charge in [-0.1, -0.05) is 107 Å². The van der Waals surface area contributed by atoms with Crippen LogP contribution in [0, 0.1) is 0 Å². The molecule has 0 N–H and O–H groups in total. The van der Waals surface area contributed by atoms with E-state index in [0.717, 1.165) is 4.47 Å². The van der Waals surface area contributed by atoms with Gasteiger partial charge in [0, 0.05) is 4.47 Å². The van der Waals surface area contributed by atoms with Crippen LogP contribution in [0.4, 0.5) is 0 Å². The zero-order valence-electron chi connectivity index (χ0n) is 23.1. The van der Waals surface area contributed by atoms with Gasteiger partial charge in [0.25, 0.3) is 0 Å². The van der Waals surface area contributed by atoms with E-state index < -0.39 is 0 Å². The first-order valence-corrected chi connectivity index (χ1v) is 9.96. The average molecular weight is 441 g/mol. The van der Waals surface area contributed by atoms with Crippen LogP contribution in [0.5, 0.6) is 0 Å². The summed E-state index contributed by atoms with van der Waals surface area (Å²) < 4.78 is 71.8. The summed E-state index contributed by atoms with van der Waals surface area (Å²) in [6.07, 6.45) is 0. The lowest BCUT2D eigenvalue weighted by Gasteiger charge is -2.16. The van der Waals surface area contributed by atoms with Crippen molar-refractivity contribution in [1.82, 2.24) is 0 Å². The van der Waals surface area contributed by atoms with E-state index in [9.17, 15) is 0 Å². The van der Waals surface area contributed by atoms with Crippen LogP contribution in [-0.2, 0) is 0 Å². The first-order valence-electron chi connectivity index (χ1n) is 13.2. The van der Waals surface area contributed by atoms with Gasteiger partial charge in [0.15, 0.2) is 0 Å². The highest BCUT2D eigenvalue weighted by molar-refractivity contribution is 9.10. The van der Waals surface area contributed by atoms with Crippen LogP contribution in [-0.4, -0.2) is 0 Å². The van der Waals surface area contributed by atoms with Crippen LogP contribution >= 0.6 is 15.9 Å². The lowest BCUT2D eigenvalue weighted by Crippen LogP contribution is -1.89. The van der Waals surface area contributed by atoms with E-state index in [1.54, 1.807) is 42.5 Å². The van der Waals surface area contributed by atoms with Crippen LogP contribution in [0.3, 0.4) is 0 Å². The van der Waals surface area contributed by atoms with Crippen molar-refractivity contribution in [2.45, 2.75) is 0 Å². The minimum absolute atomic E-state index is 0.0471. The predicted octanol–water partition coefficient (Wildman–Crippen LogP) is 8.68. The van der Waals surface area contributed by atoms with E-state index in [1.165, 1.54) is 0 Å². The Morgan fingerprint density at radius 2 is 1.10 bits per heavy atom. The Kier molecular flexibility index (Phi) is 2.35. The molecule has 0 unspecified atom stereocenters. The molecule has 0 radical (unpaired) electrons. The maximum atomic E-state index is 8.96. The first-order chi connectivity index (χ1) is 17.6. The van der Waals surface area contributed by atoms with Crippen molar-refractivity contribution in [2.75, 3.05) is 0 Å². The molecule has 0 aromatic heterocycles. The molecule has 0 spiro atoms. The molecule has 0 amide bonds. The molecule has 6 rings (SSSR count). The maximum absolute atomic E-state index is 8.96. The molecule has 0 aliphatic rings. The molecule has 0 nitrogen and oxygen atoms in total. The highest BCUT2D eigenvalue weighted by Gasteiger charge is 2.14. The highest BCUT2D eigenvalue weighted by atomic mass is 79.9. The Balaban J connectivity index is 2.01. The van der Waals surface area contributed by atoms with Gasteiger partial charge in [0.2, 0.25) is 0 Å². The molecule has 6 aromatic rings. The van der Waals surface area contributed by atoms with Gasteiger partial charge in [-0.25, -0.2) is 0 Å². The Bertz CT molecular complexity index is 1920. The number of benzene rings is 6. The Morgan fingerprint density at radius 3 is 1.72 bits per heavy atom. The van der Waals surface area contributed by atoms with Crippen molar-refractivity contribution in [2.24, 2.45) is 0 Å². The van der Waals surface area contributed by atoms with Crippen LogP contribution in [0.1, 0.15) is 11.0 Å². The minimum atomic E-state index is -0.276. The summed E-state index contributed by atoms with van der Waals surface area (Å²) in [5.41, 5.74) is 1.78. The molecule has 136 valence electrons. The summed E-state index contributed by atoms with van der Waals surface area (Å²) in [6, 6.07) is 14.2. The van der Waals surface area contributed by atoms with Crippen molar-refractivity contribution in [1.29, 1.82) is 0 Å². The van der Waals surface area contributed by atoms with Crippen molar-refractivity contribution < 1.29 is 11.0 Å². The van der Waals surface area contributed by atoms with Crippen molar-refractivity contribution in [3.63, 3.8) is 0 Å². The smallest absolute Gasteiger partial charge is 0.0622 e. The second-order valence-electron chi connectivity index (χ2n) is 6.88. The fourth-order valence-electron chi connectivity index (χ4n) is 3.87. The third-order valence-electron chi connectivity index (χ3n) is 5.18. The zero-order chi connectivity index (χ0) is 26.3. The summed E-state index contributed by atoms with van der Waals surface area (Å²) in [5.74, 6) is 0. The van der Waals surface area contributed by atoms with Crippen LogP contribution in [0.15, 0.2) is 107 Å². The van der Waals surface area contributed by atoms with Gasteiger partial charge in [-0.05, 0) is 66.7 Å². The predicted molar refractivity (Wildman–Crippen MR) is 129 cm³/mol. The number of rotatable bonds is 2. The van der Waals surface area contributed by atoms with Gasteiger partial charge in [0.1, 0.15) is 0 Å². The summed E-state index contributed by atoms with van der Waals surface area (Å²) >= 11 is 3.45. The molecule has 29 heavy (non-hydrogen) atoms. The Morgan fingerprint density at radius 1 is 0.552 bits per heavy atom. The summed E-state index contributed by atoms with van der Waals surface area (Å²) in [4.78, 5) is 0. The quantitative estimate of drug-likeness (QED) is 0.236. The van der Waals surface area contributed by atoms with Gasteiger partial charge in [0.05, 0.1) is 11.0 Å². The van der Waals surface area contributed by atoms with Gasteiger partial charge < -0.3 is 0 Å². The molecule has 0 saturated carbocycles.